The van der Waals surface area contributed by atoms with Crippen molar-refractivity contribution in [1.82, 2.24) is 10.6 Å². The number of amides is 1. The fraction of sp³-hybridized carbons (Fsp3) is 0.933. The molecule has 0 spiro atoms. The quantitative estimate of drug-likeness (QED) is 0.723. The van der Waals surface area contributed by atoms with Crippen LogP contribution in [-0.2, 0) is 4.79 Å². The van der Waals surface area contributed by atoms with Crippen molar-refractivity contribution in [3.63, 3.8) is 0 Å². The Kier molecular flexibility index (Phi) is 5.22. The highest BCUT2D eigenvalue weighted by molar-refractivity contribution is 5.85. The van der Waals surface area contributed by atoms with Crippen LogP contribution in [0.3, 0.4) is 0 Å². The van der Waals surface area contributed by atoms with Gasteiger partial charge in [-0.2, -0.15) is 0 Å². The van der Waals surface area contributed by atoms with E-state index in [0.717, 1.165) is 45.2 Å². The minimum absolute atomic E-state index is 0.134. The van der Waals surface area contributed by atoms with E-state index < -0.39 is 0 Å². The molecule has 0 radical (unpaired) electrons. The molecular weight excluding hydrogens is 240 g/mol. The highest BCUT2D eigenvalue weighted by Crippen LogP contribution is 2.29. The molecule has 2 aliphatic rings. The van der Waals surface area contributed by atoms with E-state index in [0.29, 0.717) is 11.8 Å². The van der Waals surface area contributed by atoms with Gasteiger partial charge in [0.25, 0.3) is 0 Å². The fourth-order valence-electron chi connectivity index (χ4n) is 3.46. The molecule has 1 amide bonds. The smallest absolute Gasteiger partial charge is 0.240 e. The number of carbonyl (C=O) groups excluding carboxylic acids is 1. The number of hydrogen-bond acceptors (Lipinski definition) is 3. The molecule has 1 aliphatic heterocycles. The molecular formula is C15H28N2O2. The zero-order chi connectivity index (χ0) is 13.7. The Hall–Kier alpha value is -0.610. The van der Waals surface area contributed by atoms with Crippen LogP contribution in [0.25, 0.3) is 0 Å². The molecule has 0 aromatic heterocycles. The zero-order valence-corrected chi connectivity index (χ0v) is 12.1. The molecule has 1 aliphatic carbocycles. The Balaban J connectivity index is 1.81. The van der Waals surface area contributed by atoms with Gasteiger partial charge in [-0.1, -0.05) is 12.8 Å². The molecule has 3 unspecified atom stereocenters. The van der Waals surface area contributed by atoms with E-state index in [9.17, 15) is 9.90 Å². The van der Waals surface area contributed by atoms with Crippen LogP contribution in [0, 0.1) is 11.8 Å². The van der Waals surface area contributed by atoms with Crippen LogP contribution < -0.4 is 10.6 Å². The second-order valence-corrected chi connectivity index (χ2v) is 6.41. The van der Waals surface area contributed by atoms with Crippen molar-refractivity contribution in [3.8, 4) is 0 Å². The molecule has 4 nitrogen and oxygen atoms in total. The van der Waals surface area contributed by atoms with Gasteiger partial charge in [0.2, 0.25) is 5.91 Å². The van der Waals surface area contributed by atoms with E-state index >= 15 is 0 Å². The van der Waals surface area contributed by atoms with E-state index in [2.05, 4.69) is 10.6 Å². The molecule has 19 heavy (non-hydrogen) atoms. The van der Waals surface area contributed by atoms with Gasteiger partial charge in [0.1, 0.15) is 0 Å². The van der Waals surface area contributed by atoms with Crippen molar-refractivity contribution in [2.24, 2.45) is 11.8 Å². The van der Waals surface area contributed by atoms with Crippen LogP contribution >= 0.6 is 0 Å². The highest BCUT2D eigenvalue weighted by atomic mass is 16.3. The third kappa shape index (κ3) is 3.69. The maximum absolute atomic E-state index is 12.3. The lowest BCUT2D eigenvalue weighted by molar-refractivity contribution is -0.128. The summed E-state index contributed by atoms with van der Waals surface area (Å²) in [4.78, 5) is 12.3. The summed E-state index contributed by atoms with van der Waals surface area (Å²) < 4.78 is 0. The molecule has 1 saturated carbocycles. The van der Waals surface area contributed by atoms with Crippen molar-refractivity contribution in [2.45, 2.75) is 57.4 Å². The van der Waals surface area contributed by atoms with Gasteiger partial charge in [0.05, 0.1) is 5.54 Å². The van der Waals surface area contributed by atoms with Gasteiger partial charge in [-0.25, -0.2) is 0 Å². The molecule has 3 N–H and O–H groups in total. The Bertz CT molecular complexity index is 301. The number of carbonyl (C=O) groups is 1. The largest absolute Gasteiger partial charge is 0.396 e. The molecule has 1 saturated heterocycles. The summed E-state index contributed by atoms with van der Waals surface area (Å²) in [5.74, 6) is 0.963. The van der Waals surface area contributed by atoms with Gasteiger partial charge in [-0.15, -0.1) is 0 Å². The number of aliphatic hydroxyl groups excluding tert-OH is 1. The van der Waals surface area contributed by atoms with Gasteiger partial charge in [0, 0.05) is 13.2 Å². The first-order valence-electron chi connectivity index (χ1n) is 7.80. The Morgan fingerprint density at radius 2 is 2.00 bits per heavy atom. The number of rotatable bonds is 4. The molecule has 0 aromatic carbocycles. The number of piperidine rings is 1. The average Bonchev–Trinajstić information content (AvgIpc) is 2.45. The first-order valence-corrected chi connectivity index (χ1v) is 7.80. The second-order valence-electron chi connectivity index (χ2n) is 6.41. The van der Waals surface area contributed by atoms with Crippen LogP contribution in [0.5, 0.6) is 0 Å². The Morgan fingerprint density at radius 1 is 1.26 bits per heavy atom. The van der Waals surface area contributed by atoms with Gasteiger partial charge in [-0.3, -0.25) is 4.79 Å². The summed E-state index contributed by atoms with van der Waals surface area (Å²) in [6, 6.07) is 0. The van der Waals surface area contributed by atoms with E-state index in [1.54, 1.807) is 0 Å². The molecule has 1 heterocycles. The third-order valence-electron chi connectivity index (χ3n) is 4.95. The van der Waals surface area contributed by atoms with E-state index in [1.807, 2.05) is 6.92 Å². The van der Waals surface area contributed by atoms with E-state index in [1.165, 1.54) is 12.8 Å². The average molecular weight is 268 g/mol. The molecule has 110 valence electrons. The first kappa shape index (κ1) is 14.8. The zero-order valence-electron chi connectivity index (χ0n) is 12.1. The maximum atomic E-state index is 12.3. The fourth-order valence-corrected chi connectivity index (χ4v) is 3.46. The summed E-state index contributed by atoms with van der Waals surface area (Å²) in [5.41, 5.74) is -0.387. The van der Waals surface area contributed by atoms with Gasteiger partial charge in [-0.05, 0) is 57.4 Å². The van der Waals surface area contributed by atoms with Crippen LogP contribution in [-0.4, -0.2) is 36.2 Å². The van der Waals surface area contributed by atoms with Crippen molar-refractivity contribution < 1.29 is 9.90 Å². The topological polar surface area (TPSA) is 61.4 Å². The summed E-state index contributed by atoms with van der Waals surface area (Å²) in [6.45, 7) is 3.93. The lowest BCUT2D eigenvalue weighted by atomic mass is 9.79. The first-order chi connectivity index (χ1) is 9.15. The van der Waals surface area contributed by atoms with Crippen molar-refractivity contribution in [2.75, 3.05) is 19.7 Å². The molecule has 0 aromatic rings. The summed E-state index contributed by atoms with van der Waals surface area (Å²) in [5, 5.41) is 15.9. The van der Waals surface area contributed by atoms with Crippen LogP contribution in [0.4, 0.5) is 0 Å². The Morgan fingerprint density at radius 3 is 2.63 bits per heavy atom. The van der Waals surface area contributed by atoms with Crippen molar-refractivity contribution in [1.29, 1.82) is 0 Å². The number of hydrogen-bond donors (Lipinski definition) is 3. The van der Waals surface area contributed by atoms with Crippen molar-refractivity contribution in [3.05, 3.63) is 0 Å². The second kappa shape index (κ2) is 6.71. The summed E-state index contributed by atoms with van der Waals surface area (Å²) in [6.07, 6.45) is 7.90. The van der Waals surface area contributed by atoms with Crippen LogP contribution in [0.2, 0.25) is 0 Å². The highest BCUT2D eigenvalue weighted by Gasteiger charge is 2.35. The molecule has 2 rings (SSSR count). The molecule has 4 heteroatoms. The lowest BCUT2D eigenvalue weighted by Crippen LogP contribution is -2.57. The lowest BCUT2D eigenvalue weighted by Gasteiger charge is -2.35. The summed E-state index contributed by atoms with van der Waals surface area (Å²) in [7, 11) is 0. The molecule has 2 fully saturated rings. The van der Waals surface area contributed by atoms with Gasteiger partial charge >= 0.3 is 0 Å². The van der Waals surface area contributed by atoms with Crippen LogP contribution in [0.15, 0.2) is 0 Å². The van der Waals surface area contributed by atoms with E-state index in [4.69, 9.17) is 0 Å². The standard InChI is InChI=1S/C15H28N2O2/c1-15(8-4-5-9-17-15)14(19)16-10-12-6-2-3-7-13(12)11-18/h12-13,17-18H,2-11H2,1H3,(H,16,19). The minimum atomic E-state index is -0.387. The normalized spacial score (nSPS) is 35.9. The predicted molar refractivity (Wildman–Crippen MR) is 75.8 cm³/mol. The SMILES string of the molecule is CC1(C(=O)NCC2CCCCC2CO)CCCCN1. The van der Waals surface area contributed by atoms with Crippen molar-refractivity contribution >= 4 is 5.91 Å². The number of nitrogens with one attached hydrogen (secondary N) is 2. The molecule has 0 bridgehead atoms. The van der Waals surface area contributed by atoms with Gasteiger partial charge < -0.3 is 15.7 Å². The van der Waals surface area contributed by atoms with Crippen LogP contribution in [0.1, 0.15) is 51.9 Å². The number of aliphatic hydroxyl groups is 1. The monoisotopic (exact) mass is 268 g/mol. The molecule has 3 atom stereocenters. The van der Waals surface area contributed by atoms with E-state index in [-0.39, 0.29) is 18.1 Å². The van der Waals surface area contributed by atoms with Gasteiger partial charge in [0.15, 0.2) is 0 Å². The Labute approximate surface area is 116 Å². The minimum Gasteiger partial charge on any atom is -0.396 e. The predicted octanol–water partition coefficient (Wildman–Crippen LogP) is 1.43. The third-order valence-corrected chi connectivity index (χ3v) is 4.95. The maximum Gasteiger partial charge on any atom is 0.240 e. The summed E-state index contributed by atoms with van der Waals surface area (Å²) >= 11 is 0.